The molecule has 17 heavy (non-hydrogen) atoms. The second-order valence-electron chi connectivity index (χ2n) is 3.40. The molecule has 0 atom stereocenters. The summed E-state index contributed by atoms with van der Waals surface area (Å²) < 4.78 is 4.92. The molecule has 1 aromatic heterocycles. The summed E-state index contributed by atoms with van der Waals surface area (Å²) in [5.41, 5.74) is 1.15. The van der Waals surface area contributed by atoms with Gasteiger partial charge in [0.05, 0.1) is 17.9 Å². The van der Waals surface area contributed by atoms with E-state index in [9.17, 15) is 4.79 Å². The van der Waals surface area contributed by atoms with Crippen molar-refractivity contribution in [2.24, 2.45) is 0 Å². The molecule has 6 nitrogen and oxygen atoms in total. The monoisotopic (exact) mass is 232 g/mol. The minimum atomic E-state index is -0.355. The van der Waals surface area contributed by atoms with Gasteiger partial charge in [-0.1, -0.05) is 6.07 Å². The van der Waals surface area contributed by atoms with E-state index in [4.69, 9.17) is 4.74 Å². The van der Waals surface area contributed by atoms with Crippen LogP contribution in [0.2, 0.25) is 0 Å². The van der Waals surface area contributed by atoms with Gasteiger partial charge in [-0.05, 0) is 37.3 Å². The minimum absolute atomic E-state index is 0.351. The van der Waals surface area contributed by atoms with E-state index in [-0.39, 0.29) is 5.97 Å². The molecule has 0 spiro atoms. The molecule has 0 saturated heterocycles. The number of rotatable bonds is 3. The van der Waals surface area contributed by atoms with E-state index < -0.39 is 0 Å². The Balaban J connectivity index is 2.31. The van der Waals surface area contributed by atoms with E-state index in [0.717, 1.165) is 0 Å². The van der Waals surface area contributed by atoms with Gasteiger partial charge in [0.15, 0.2) is 5.82 Å². The average Bonchev–Trinajstić information content (AvgIpc) is 2.76. The quantitative estimate of drug-likeness (QED) is 0.742. The highest BCUT2D eigenvalue weighted by Gasteiger charge is 2.08. The van der Waals surface area contributed by atoms with Gasteiger partial charge in [-0.15, -0.1) is 15.0 Å². The van der Waals surface area contributed by atoms with Crippen molar-refractivity contribution in [3.8, 4) is 5.69 Å². The number of aromatic nitrogens is 4. The number of aryl methyl sites for hydroxylation is 1. The van der Waals surface area contributed by atoms with Crippen LogP contribution in [0.4, 0.5) is 0 Å². The van der Waals surface area contributed by atoms with Crippen LogP contribution in [0.1, 0.15) is 23.1 Å². The lowest BCUT2D eigenvalue weighted by molar-refractivity contribution is 0.0526. The molecule has 0 bridgehead atoms. The molecule has 0 radical (unpaired) electrons. The van der Waals surface area contributed by atoms with Gasteiger partial charge in [0, 0.05) is 0 Å². The molecule has 0 saturated carbocycles. The van der Waals surface area contributed by atoms with Crippen molar-refractivity contribution in [1.82, 2.24) is 20.2 Å². The van der Waals surface area contributed by atoms with Crippen LogP contribution in [0.5, 0.6) is 0 Å². The zero-order valence-corrected chi connectivity index (χ0v) is 9.62. The molecule has 0 fully saturated rings. The zero-order chi connectivity index (χ0) is 12.3. The average molecular weight is 232 g/mol. The Labute approximate surface area is 98.2 Å². The van der Waals surface area contributed by atoms with Gasteiger partial charge in [-0.3, -0.25) is 0 Å². The normalized spacial score (nSPS) is 10.2. The van der Waals surface area contributed by atoms with Gasteiger partial charge < -0.3 is 4.74 Å². The van der Waals surface area contributed by atoms with Crippen molar-refractivity contribution in [3.63, 3.8) is 0 Å². The molecule has 0 N–H and O–H groups in total. The molecular weight excluding hydrogens is 220 g/mol. The minimum Gasteiger partial charge on any atom is -0.462 e. The van der Waals surface area contributed by atoms with Gasteiger partial charge in [0.25, 0.3) is 0 Å². The third kappa shape index (κ3) is 2.47. The van der Waals surface area contributed by atoms with Crippen LogP contribution in [-0.2, 0) is 4.74 Å². The third-order valence-corrected chi connectivity index (χ3v) is 2.10. The fourth-order valence-electron chi connectivity index (χ4n) is 1.37. The highest BCUT2D eigenvalue weighted by Crippen LogP contribution is 2.09. The number of nitrogens with zero attached hydrogens (tertiary/aromatic N) is 4. The molecule has 0 aliphatic carbocycles. The summed E-state index contributed by atoms with van der Waals surface area (Å²) in [4.78, 5) is 12.9. The SMILES string of the molecule is CCOC(=O)c1cccc(-n2nnc(C)n2)c1. The maximum absolute atomic E-state index is 11.5. The predicted octanol–water partition coefficient (Wildman–Crippen LogP) is 1.15. The molecule has 0 amide bonds. The maximum atomic E-state index is 11.5. The molecule has 0 unspecified atom stereocenters. The topological polar surface area (TPSA) is 69.9 Å². The Hall–Kier alpha value is -2.24. The van der Waals surface area contributed by atoms with Crippen LogP contribution in [0.3, 0.4) is 0 Å². The zero-order valence-electron chi connectivity index (χ0n) is 9.62. The van der Waals surface area contributed by atoms with Crippen LogP contribution in [-0.4, -0.2) is 32.8 Å². The highest BCUT2D eigenvalue weighted by atomic mass is 16.5. The number of hydrogen-bond acceptors (Lipinski definition) is 5. The second kappa shape index (κ2) is 4.73. The van der Waals surface area contributed by atoms with Crippen LogP contribution in [0.15, 0.2) is 24.3 Å². The lowest BCUT2D eigenvalue weighted by Gasteiger charge is -2.03. The van der Waals surface area contributed by atoms with Gasteiger partial charge in [-0.25, -0.2) is 4.79 Å². The Morgan fingerprint density at radius 3 is 2.94 bits per heavy atom. The number of ether oxygens (including phenoxy) is 1. The molecule has 1 heterocycles. The first-order chi connectivity index (χ1) is 8.20. The molecule has 6 heteroatoms. The molecule has 1 aromatic carbocycles. The number of carbonyl (C=O) groups excluding carboxylic acids is 1. The van der Waals surface area contributed by atoms with Crippen molar-refractivity contribution < 1.29 is 9.53 Å². The summed E-state index contributed by atoms with van der Waals surface area (Å²) in [5, 5.41) is 11.7. The number of tetrazole rings is 1. The summed E-state index contributed by atoms with van der Waals surface area (Å²) >= 11 is 0. The number of carbonyl (C=O) groups is 1. The first-order valence-corrected chi connectivity index (χ1v) is 5.25. The molecule has 0 aliphatic rings. The summed E-state index contributed by atoms with van der Waals surface area (Å²) in [6.45, 7) is 3.87. The van der Waals surface area contributed by atoms with E-state index >= 15 is 0 Å². The number of hydrogen-bond donors (Lipinski definition) is 0. The van der Waals surface area contributed by atoms with E-state index in [1.165, 1.54) is 4.80 Å². The Morgan fingerprint density at radius 2 is 2.29 bits per heavy atom. The Kier molecular flexibility index (Phi) is 3.13. The summed E-state index contributed by atoms with van der Waals surface area (Å²) in [5.74, 6) is 0.220. The maximum Gasteiger partial charge on any atom is 0.338 e. The molecular formula is C11H12N4O2. The van der Waals surface area contributed by atoms with Crippen molar-refractivity contribution in [1.29, 1.82) is 0 Å². The van der Waals surface area contributed by atoms with E-state index in [2.05, 4.69) is 15.4 Å². The first-order valence-electron chi connectivity index (χ1n) is 5.25. The number of esters is 1. The standard InChI is InChI=1S/C11H12N4O2/c1-3-17-11(16)9-5-4-6-10(7-9)15-13-8(2)12-14-15/h4-7H,3H2,1-2H3. The van der Waals surface area contributed by atoms with Crippen molar-refractivity contribution in [3.05, 3.63) is 35.7 Å². The first kappa shape index (κ1) is 11.3. The summed E-state index contributed by atoms with van der Waals surface area (Å²) in [6, 6.07) is 6.90. The highest BCUT2D eigenvalue weighted by molar-refractivity contribution is 5.89. The number of benzene rings is 1. The lowest BCUT2D eigenvalue weighted by atomic mass is 10.2. The fourth-order valence-corrected chi connectivity index (χ4v) is 1.37. The van der Waals surface area contributed by atoms with Crippen molar-refractivity contribution in [2.45, 2.75) is 13.8 Å². The van der Waals surface area contributed by atoms with Crippen LogP contribution >= 0.6 is 0 Å². The fraction of sp³-hybridized carbons (Fsp3) is 0.273. The molecule has 2 aromatic rings. The van der Waals surface area contributed by atoms with Crippen LogP contribution < -0.4 is 0 Å². The Morgan fingerprint density at radius 1 is 1.47 bits per heavy atom. The lowest BCUT2D eigenvalue weighted by Crippen LogP contribution is -2.06. The van der Waals surface area contributed by atoms with Crippen molar-refractivity contribution >= 4 is 5.97 Å². The predicted molar refractivity (Wildman–Crippen MR) is 59.8 cm³/mol. The summed E-state index contributed by atoms with van der Waals surface area (Å²) in [7, 11) is 0. The van der Waals surface area contributed by atoms with Gasteiger partial charge in [-0.2, -0.15) is 0 Å². The molecule has 2 rings (SSSR count). The smallest absolute Gasteiger partial charge is 0.338 e. The van der Waals surface area contributed by atoms with E-state index in [1.807, 2.05) is 0 Å². The largest absolute Gasteiger partial charge is 0.462 e. The molecule has 88 valence electrons. The van der Waals surface area contributed by atoms with Gasteiger partial charge in [0.1, 0.15) is 0 Å². The van der Waals surface area contributed by atoms with Crippen LogP contribution in [0, 0.1) is 6.92 Å². The van der Waals surface area contributed by atoms with Crippen LogP contribution in [0.25, 0.3) is 5.69 Å². The molecule has 0 aliphatic heterocycles. The van der Waals surface area contributed by atoms with E-state index in [1.54, 1.807) is 38.1 Å². The third-order valence-electron chi connectivity index (χ3n) is 2.10. The van der Waals surface area contributed by atoms with Crippen molar-refractivity contribution in [2.75, 3.05) is 6.61 Å². The Bertz CT molecular complexity index is 536. The summed E-state index contributed by atoms with van der Waals surface area (Å²) in [6.07, 6.45) is 0. The van der Waals surface area contributed by atoms with E-state index in [0.29, 0.717) is 23.7 Å². The second-order valence-corrected chi connectivity index (χ2v) is 3.40. The van der Waals surface area contributed by atoms with Gasteiger partial charge in [0.2, 0.25) is 0 Å². The van der Waals surface area contributed by atoms with Gasteiger partial charge >= 0.3 is 5.97 Å².